The summed E-state index contributed by atoms with van der Waals surface area (Å²) in [4.78, 5) is 19.0. The van der Waals surface area contributed by atoms with Crippen molar-refractivity contribution in [2.24, 2.45) is 0 Å². The number of carbonyl (C=O) groups is 1. The zero-order chi connectivity index (χ0) is 21.8. The Balaban J connectivity index is 1.43. The summed E-state index contributed by atoms with van der Waals surface area (Å²) in [5.41, 5.74) is 1.84. The molecular formula is C24H27N3O4. The maximum Gasteiger partial charge on any atom is 0.232 e. The van der Waals surface area contributed by atoms with E-state index in [0.717, 1.165) is 16.9 Å². The lowest BCUT2D eigenvalue weighted by atomic mass is 10.1. The summed E-state index contributed by atoms with van der Waals surface area (Å²) < 4.78 is 16.9. The van der Waals surface area contributed by atoms with Crippen LogP contribution < -0.4 is 9.47 Å². The number of likely N-dealkylation sites (tertiary alicyclic amines) is 1. The Morgan fingerprint density at radius 1 is 1.16 bits per heavy atom. The summed E-state index contributed by atoms with van der Waals surface area (Å²) >= 11 is 0. The zero-order valence-electron chi connectivity index (χ0n) is 18.1. The van der Waals surface area contributed by atoms with Crippen molar-refractivity contribution in [1.82, 2.24) is 15.0 Å². The van der Waals surface area contributed by atoms with Crippen molar-refractivity contribution >= 4 is 5.91 Å². The topological polar surface area (TPSA) is 77.7 Å². The zero-order valence-corrected chi connectivity index (χ0v) is 18.1. The molecule has 1 saturated heterocycles. The Morgan fingerprint density at radius 2 is 1.94 bits per heavy atom. The van der Waals surface area contributed by atoms with Crippen molar-refractivity contribution in [2.75, 3.05) is 13.2 Å². The highest BCUT2D eigenvalue weighted by molar-refractivity contribution is 5.79. The molecule has 0 radical (unpaired) electrons. The maximum atomic E-state index is 12.6. The lowest BCUT2D eigenvalue weighted by Crippen LogP contribution is -2.24. The van der Waals surface area contributed by atoms with Crippen LogP contribution in [0.5, 0.6) is 11.5 Å². The SMILES string of the molecule is CCOc1ccccc1-c1noc(C2CC(=O)N(Cc3ccc(OC(C)C)cc3)C2)n1. The second kappa shape index (κ2) is 9.20. The van der Waals surface area contributed by atoms with Gasteiger partial charge >= 0.3 is 0 Å². The number of carbonyl (C=O) groups excluding carboxylic acids is 1. The number of nitrogens with zero attached hydrogens (tertiary/aromatic N) is 3. The summed E-state index contributed by atoms with van der Waals surface area (Å²) in [5.74, 6) is 2.48. The van der Waals surface area contributed by atoms with E-state index in [4.69, 9.17) is 14.0 Å². The van der Waals surface area contributed by atoms with Crippen LogP contribution in [0.4, 0.5) is 0 Å². The quantitative estimate of drug-likeness (QED) is 0.535. The van der Waals surface area contributed by atoms with Crippen LogP contribution in [-0.2, 0) is 11.3 Å². The van der Waals surface area contributed by atoms with Gasteiger partial charge in [-0.3, -0.25) is 4.79 Å². The molecule has 0 spiro atoms. The molecule has 0 saturated carbocycles. The molecule has 0 bridgehead atoms. The summed E-state index contributed by atoms with van der Waals surface area (Å²) in [6.07, 6.45) is 0.495. The minimum Gasteiger partial charge on any atom is -0.493 e. The molecule has 4 rings (SSSR count). The first-order valence-electron chi connectivity index (χ1n) is 10.6. The van der Waals surface area contributed by atoms with E-state index in [-0.39, 0.29) is 17.9 Å². The molecule has 1 aliphatic rings. The fraction of sp³-hybridized carbons (Fsp3) is 0.375. The fourth-order valence-corrected chi connectivity index (χ4v) is 3.70. The van der Waals surface area contributed by atoms with Gasteiger partial charge in [-0.1, -0.05) is 29.4 Å². The van der Waals surface area contributed by atoms with Gasteiger partial charge in [-0.05, 0) is 50.6 Å². The van der Waals surface area contributed by atoms with E-state index < -0.39 is 0 Å². The molecule has 2 aromatic carbocycles. The Bertz CT molecular complexity index is 1030. The van der Waals surface area contributed by atoms with Gasteiger partial charge < -0.3 is 18.9 Å². The third kappa shape index (κ3) is 4.87. The normalized spacial score (nSPS) is 16.2. The second-order valence-corrected chi connectivity index (χ2v) is 7.87. The molecule has 1 unspecified atom stereocenters. The van der Waals surface area contributed by atoms with Gasteiger partial charge in [0.15, 0.2) is 0 Å². The predicted molar refractivity (Wildman–Crippen MR) is 116 cm³/mol. The highest BCUT2D eigenvalue weighted by Gasteiger charge is 2.34. The number of hydrogen-bond acceptors (Lipinski definition) is 6. The van der Waals surface area contributed by atoms with Gasteiger partial charge in [0.25, 0.3) is 0 Å². The Kier molecular flexibility index (Phi) is 6.21. The monoisotopic (exact) mass is 421 g/mol. The summed E-state index contributed by atoms with van der Waals surface area (Å²) in [5, 5.41) is 4.13. The third-order valence-corrected chi connectivity index (χ3v) is 5.10. The lowest BCUT2D eigenvalue weighted by molar-refractivity contribution is -0.128. The van der Waals surface area contributed by atoms with Gasteiger partial charge in [0.05, 0.1) is 24.2 Å². The standard InChI is InChI=1S/C24H27N3O4/c1-4-29-21-8-6-5-7-20(21)23-25-24(31-26-23)18-13-22(28)27(15-18)14-17-9-11-19(12-10-17)30-16(2)3/h5-12,16,18H,4,13-15H2,1-3H3. The summed E-state index contributed by atoms with van der Waals surface area (Å²) in [7, 11) is 0. The number of benzene rings is 2. The molecule has 7 heteroatoms. The molecule has 1 aromatic heterocycles. The van der Waals surface area contributed by atoms with Crippen molar-refractivity contribution in [3.63, 3.8) is 0 Å². The summed E-state index contributed by atoms with van der Waals surface area (Å²) in [6, 6.07) is 15.5. The third-order valence-electron chi connectivity index (χ3n) is 5.10. The van der Waals surface area contributed by atoms with Crippen molar-refractivity contribution in [3.8, 4) is 22.9 Å². The largest absolute Gasteiger partial charge is 0.493 e. The molecule has 1 amide bonds. The Morgan fingerprint density at radius 3 is 2.68 bits per heavy atom. The number of rotatable bonds is 8. The van der Waals surface area contributed by atoms with Gasteiger partial charge in [0.1, 0.15) is 11.5 Å². The van der Waals surface area contributed by atoms with Crippen LogP contribution in [0.3, 0.4) is 0 Å². The van der Waals surface area contributed by atoms with E-state index >= 15 is 0 Å². The number of aromatic nitrogens is 2. The summed E-state index contributed by atoms with van der Waals surface area (Å²) in [6.45, 7) is 7.58. The number of hydrogen-bond donors (Lipinski definition) is 0. The maximum absolute atomic E-state index is 12.6. The second-order valence-electron chi connectivity index (χ2n) is 7.87. The molecule has 0 aliphatic carbocycles. The fourth-order valence-electron chi connectivity index (χ4n) is 3.70. The smallest absolute Gasteiger partial charge is 0.232 e. The molecule has 2 heterocycles. The first-order chi connectivity index (χ1) is 15.0. The van der Waals surface area contributed by atoms with Gasteiger partial charge in [-0.15, -0.1) is 0 Å². The number of para-hydroxylation sites is 1. The highest BCUT2D eigenvalue weighted by Crippen LogP contribution is 2.32. The van der Waals surface area contributed by atoms with Crippen LogP contribution >= 0.6 is 0 Å². The predicted octanol–water partition coefficient (Wildman–Crippen LogP) is 4.44. The molecule has 3 aromatic rings. The molecule has 1 fully saturated rings. The van der Waals surface area contributed by atoms with E-state index in [9.17, 15) is 4.79 Å². The van der Waals surface area contributed by atoms with E-state index in [0.29, 0.717) is 43.6 Å². The first-order valence-corrected chi connectivity index (χ1v) is 10.6. The van der Waals surface area contributed by atoms with Crippen LogP contribution in [-0.4, -0.2) is 40.2 Å². The first kappa shape index (κ1) is 20.9. The molecule has 1 aliphatic heterocycles. The molecular weight excluding hydrogens is 394 g/mol. The van der Waals surface area contributed by atoms with Gasteiger partial charge in [-0.2, -0.15) is 4.98 Å². The molecule has 1 atom stereocenters. The van der Waals surface area contributed by atoms with Crippen LogP contribution in [0.15, 0.2) is 53.1 Å². The van der Waals surface area contributed by atoms with Crippen molar-refractivity contribution in [1.29, 1.82) is 0 Å². The molecule has 7 nitrogen and oxygen atoms in total. The van der Waals surface area contributed by atoms with Crippen molar-refractivity contribution in [2.45, 2.75) is 45.8 Å². The number of ether oxygens (including phenoxy) is 2. The number of amides is 1. The van der Waals surface area contributed by atoms with Crippen molar-refractivity contribution < 1.29 is 18.8 Å². The van der Waals surface area contributed by atoms with Gasteiger partial charge in [-0.25, -0.2) is 0 Å². The molecule has 162 valence electrons. The average molecular weight is 421 g/mol. The highest BCUT2D eigenvalue weighted by atomic mass is 16.5. The Hall–Kier alpha value is -3.35. The van der Waals surface area contributed by atoms with Crippen molar-refractivity contribution in [3.05, 3.63) is 60.0 Å². The van der Waals surface area contributed by atoms with Crippen LogP contribution in [0.2, 0.25) is 0 Å². The lowest BCUT2D eigenvalue weighted by Gasteiger charge is -2.16. The van der Waals surface area contributed by atoms with Crippen LogP contribution in [0.25, 0.3) is 11.4 Å². The van der Waals surface area contributed by atoms with E-state index in [2.05, 4.69) is 10.1 Å². The van der Waals surface area contributed by atoms with Gasteiger partial charge in [0, 0.05) is 19.5 Å². The minimum absolute atomic E-state index is 0.0852. The minimum atomic E-state index is -0.114. The van der Waals surface area contributed by atoms with E-state index in [1.807, 2.05) is 74.2 Å². The van der Waals surface area contributed by atoms with Gasteiger partial charge in [0.2, 0.25) is 17.6 Å². The van der Waals surface area contributed by atoms with E-state index in [1.165, 1.54) is 0 Å². The van der Waals surface area contributed by atoms with Crippen LogP contribution in [0, 0.1) is 0 Å². The van der Waals surface area contributed by atoms with E-state index in [1.54, 1.807) is 0 Å². The molecule has 31 heavy (non-hydrogen) atoms. The Labute approximate surface area is 182 Å². The molecule has 0 N–H and O–H groups in total. The average Bonchev–Trinajstić information content (AvgIpc) is 3.37. The van der Waals surface area contributed by atoms with Crippen LogP contribution in [0.1, 0.15) is 44.6 Å².